The third kappa shape index (κ3) is 7.12. The van der Waals surface area contributed by atoms with Crippen LogP contribution in [0, 0.1) is 5.92 Å². The Morgan fingerprint density at radius 1 is 1.19 bits per heavy atom. The molecular formula is C21H36IN5. The van der Waals surface area contributed by atoms with E-state index in [4.69, 9.17) is 4.99 Å². The Morgan fingerprint density at radius 3 is 2.63 bits per heavy atom. The first-order valence-electron chi connectivity index (χ1n) is 10.5. The highest BCUT2D eigenvalue weighted by Crippen LogP contribution is 2.23. The van der Waals surface area contributed by atoms with Gasteiger partial charge in [0.15, 0.2) is 5.96 Å². The molecule has 0 unspecified atom stereocenters. The number of anilines is 1. The van der Waals surface area contributed by atoms with Crippen LogP contribution in [0.2, 0.25) is 0 Å². The lowest BCUT2D eigenvalue weighted by Gasteiger charge is -2.28. The van der Waals surface area contributed by atoms with Gasteiger partial charge in [0.1, 0.15) is 5.82 Å². The van der Waals surface area contributed by atoms with Gasteiger partial charge in [-0.1, -0.05) is 6.92 Å². The molecule has 3 rings (SSSR count). The molecule has 2 fully saturated rings. The number of pyridine rings is 1. The Balaban J connectivity index is 0.00000261. The molecule has 27 heavy (non-hydrogen) atoms. The fourth-order valence-electron chi connectivity index (χ4n) is 3.94. The highest BCUT2D eigenvalue weighted by atomic mass is 127. The van der Waals surface area contributed by atoms with Crippen LogP contribution in [-0.4, -0.2) is 36.6 Å². The van der Waals surface area contributed by atoms with Crippen molar-refractivity contribution in [1.29, 1.82) is 0 Å². The number of rotatable bonds is 5. The number of hydrogen-bond donors (Lipinski definition) is 2. The number of nitrogens with one attached hydrogen (secondary N) is 2. The third-order valence-electron chi connectivity index (χ3n) is 5.61. The standard InChI is InChI=1S/C21H35N5.HI/c1-3-22-21(25-19-9-7-17(2)8-10-19)24-16-18-11-12-23-20(15-18)26-13-5-4-6-14-26;/h11-12,15,17,19H,3-10,13-14,16H2,1-2H3,(H2,22,24,25);1H. The molecule has 1 aliphatic carbocycles. The van der Waals surface area contributed by atoms with Crippen LogP contribution in [0.1, 0.15) is 64.4 Å². The second-order valence-corrected chi connectivity index (χ2v) is 7.87. The van der Waals surface area contributed by atoms with E-state index in [0.29, 0.717) is 12.6 Å². The van der Waals surface area contributed by atoms with Crippen LogP contribution in [-0.2, 0) is 6.54 Å². The Kier molecular flexibility index (Phi) is 9.65. The second-order valence-electron chi connectivity index (χ2n) is 7.87. The lowest BCUT2D eigenvalue weighted by Crippen LogP contribution is -2.44. The monoisotopic (exact) mass is 485 g/mol. The zero-order valence-electron chi connectivity index (χ0n) is 16.9. The molecule has 1 saturated heterocycles. The molecule has 1 aromatic rings. The number of aliphatic imine (C=N–C) groups is 1. The summed E-state index contributed by atoms with van der Waals surface area (Å²) in [5.74, 6) is 2.93. The second kappa shape index (κ2) is 11.7. The Hall–Kier alpha value is -1.05. The molecule has 1 aliphatic heterocycles. The van der Waals surface area contributed by atoms with Crippen LogP contribution >= 0.6 is 24.0 Å². The average Bonchev–Trinajstić information content (AvgIpc) is 2.69. The average molecular weight is 485 g/mol. The fraction of sp³-hybridized carbons (Fsp3) is 0.714. The van der Waals surface area contributed by atoms with Gasteiger partial charge < -0.3 is 15.5 Å². The van der Waals surface area contributed by atoms with E-state index in [1.807, 2.05) is 6.20 Å². The zero-order valence-corrected chi connectivity index (χ0v) is 19.2. The minimum Gasteiger partial charge on any atom is -0.357 e. The SMILES string of the molecule is CCNC(=NCc1ccnc(N2CCCCC2)c1)NC1CCC(C)CC1.I. The van der Waals surface area contributed by atoms with Gasteiger partial charge in [0.05, 0.1) is 6.54 Å². The van der Waals surface area contributed by atoms with Gasteiger partial charge in [0.2, 0.25) is 0 Å². The molecule has 152 valence electrons. The molecule has 2 aliphatic rings. The molecule has 0 spiro atoms. The van der Waals surface area contributed by atoms with Gasteiger partial charge in [0, 0.05) is 31.9 Å². The maximum Gasteiger partial charge on any atom is 0.191 e. The van der Waals surface area contributed by atoms with E-state index in [0.717, 1.165) is 37.3 Å². The summed E-state index contributed by atoms with van der Waals surface area (Å²) in [4.78, 5) is 11.8. The number of piperidine rings is 1. The first-order chi connectivity index (χ1) is 12.7. The van der Waals surface area contributed by atoms with E-state index in [2.05, 4.69) is 46.5 Å². The van der Waals surface area contributed by atoms with Crippen LogP contribution in [0.3, 0.4) is 0 Å². The smallest absolute Gasteiger partial charge is 0.191 e. The fourth-order valence-corrected chi connectivity index (χ4v) is 3.94. The molecule has 0 aromatic carbocycles. The van der Waals surface area contributed by atoms with Gasteiger partial charge in [-0.2, -0.15) is 0 Å². The van der Waals surface area contributed by atoms with E-state index in [1.54, 1.807) is 0 Å². The lowest BCUT2D eigenvalue weighted by atomic mass is 9.87. The molecule has 0 radical (unpaired) electrons. The Morgan fingerprint density at radius 2 is 1.93 bits per heavy atom. The van der Waals surface area contributed by atoms with Gasteiger partial charge in [0.25, 0.3) is 0 Å². The molecule has 5 nitrogen and oxygen atoms in total. The van der Waals surface area contributed by atoms with Crippen molar-refractivity contribution in [2.75, 3.05) is 24.5 Å². The first kappa shape index (κ1) is 22.2. The van der Waals surface area contributed by atoms with Crippen molar-refractivity contribution < 1.29 is 0 Å². The van der Waals surface area contributed by atoms with Crippen molar-refractivity contribution in [3.63, 3.8) is 0 Å². The number of hydrogen-bond acceptors (Lipinski definition) is 3. The first-order valence-corrected chi connectivity index (χ1v) is 10.5. The molecule has 0 bridgehead atoms. The van der Waals surface area contributed by atoms with E-state index < -0.39 is 0 Å². The number of guanidine groups is 1. The van der Waals surface area contributed by atoms with Crippen LogP contribution in [0.5, 0.6) is 0 Å². The van der Waals surface area contributed by atoms with Gasteiger partial charge in [-0.05, 0) is 75.5 Å². The zero-order chi connectivity index (χ0) is 18.2. The van der Waals surface area contributed by atoms with E-state index >= 15 is 0 Å². The Bertz CT molecular complexity index is 578. The molecule has 2 heterocycles. The molecule has 0 amide bonds. The lowest BCUT2D eigenvalue weighted by molar-refractivity contribution is 0.329. The molecule has 0 atom stereocenters. The predicted octanol–water partition coefficient (Wildman–Crippen LogP) is 4.32. The third-order valence-corrected chi connectivity index (χ3v) is 5.61. The van der Waals surface area contributed by atoms with Crippen molar-refractivity contribution in [2.45, 2.75) is 71.4 Å². The Labute approximate surface area is 181 Å². The van der Waals surface area contributed by atoms with Gasteiger partial charge in [-0.3, -0.25) is 0 Å². The minimum absolute atomic E-state index is 0. The van der Waals surface area contributed by atoms with Crippen molar-refractivity contribution in [3.8, 4) is 0 Å². The summed E-state index contributed by atoms with van der Waals surface area (Å²) in [6, 6.07) is 4.86. The number of aromatic nitrogens is 1. The van der Waals surface area contributed by atoms with Crippen molar-refractivity contribution in [2.24, 2.45) is 10.9 Å². The highest BCUT2D eigenvalue weighted by molar-refractivity contribution is 14.0. The van der Waals surface area contributed by atoms with E-state index in [-0.39, 0.29) is 24.0 Å². The summed E-state index contributed by atoms with van der Waals surface area (Å²) in [6.45, 7) is 8.33. The maximum absolute atomic E-state index is 4.83. The highest BCUT2D eigenvalue weighted by Gasteiger charge is 2.19. The van der Waals surface area contributed by atoms with Crippen molar-refractivity contribution >= 4 is 35.8 Å². The molecule has 1 aromatic heterocycles. The quantitative estimate of drug-likeness (QED) is 0.371. The van der Waals surface area contributed by atoms with Crippen LogP contribution in [0.15, 0.2) is 23.3 Å². The summed E-state index contributed by atoms with van der Waals surface area (Å²) in [6.07, 6.45) is 11.0. The molecule has 2 N–H and O–H groups in total. The van der Waals surface area contributed by atoms with Gasteiger partial charge >= 0.3 is 0 Å². The summed E-state index contributed by atoms with van der Waals surface area (Å²) in [5.41, 5.74) is 1.23. The van der Waals surface area contributed by atoms with Gasteiger partial charge in [-0.25, -0.2) is 9.98 Å². The van der Waals surface area contributed by atoms with Crippen LogP contribution < -0.4 is 15.5 Å². The van der Waals surface area contributed by atoms with Crippen molar-refractivity contribution in [3.05, 3.63) is 23.9 Å². The molecular weight excluding hydrogens is 449 g/mol. The largest absolute Gasteiger partial charge is 0.357 e. The molecule has 1 saturated carbocycles. The molecule has 6 heteroatoms. The van der Waals surface area contributed by atoms with Crippen LogP contribution in [0.4, 0.5) is 5.82 Å². The van der Waals surface area contributed by atoms with Gasteiger partial charge in [-0.15, -0.1) is 24.0 Å². The summed E-state index contributed by atoms with van der Waals surface area (Å²) in [5, 5.41) is 7.04. The number of halogens is 1. The maximum atomic E-state index is 4.83. The van der Waals surface area contributed by atoms with Crippen LogP contribution in [0.25, 0.3) is 0 Å². The summed E-state index contributed by atoms with van der Waals surface area (Å²) < 4.78 is 0. The predicted molar refractivity (Wildman–Crippen MR) is 125 cm³/mol. The topological polar surface area (TPSA) is 52.6 Å². The van der Waals surface area contributed by atoms with E-state index in [1.165, 1.54) is 50.5 Å². The number of nitrogens with zero attached hydrogens (tertiary/aromatic N) is 3. The van der Waals surface area contributed by atoms with Crippen molar-refractivity contribution in [1.82, 2.24) is 15.6 Å². The summed E-state index contributed by atoms with van der Waals surface area (Å²) in [7, 11) is 0. The normalized spacial score (nSPS) is 23.5. The minimum atomic E-state index is 0. The summed E-state index contributed by atoms with van der Waals surface area (Å²) >= 11 is 0. The van der Waals surface area contributed by atoms with E-state index in [9.17, 15) is 0 Å².